The molecule has 0 unspecified atom stereocenters. The number of aliphatic hydroxyl groups is 1. The van der Waals surface area contributed by atoms with E-state index in [1.165, 1.54) is 0 Å². The maximum atomic E-state index is 9.01. The van der Waals surface area contributed by atoms with E-state index in [1.807, 2.05) is 0 Å². The molecule has 1 saturated heterocycles. The number of nitrogens with one attached hydrogen (secondary N) is 1. The van der Waals surface area contributed by atoms with Gasteiger partial charge < -0.3 is 16.2 Å². The molecular formula is C5H14Cl2N2O. The van der Waals surface area contributed by atoms with Crippen LogP contribution in [0.3, 0.4) is 0 Å². The third-order valence-corrected chi connectivity index (χ3v) is 1.49. The summed E-state index contributed by atoms with van der Waals surface area (Å²) in [6.45, 7) is 1.65. The molecule has 0 amide bonds. The van der Waals surface area contributed by atoms with Crippen LogP contribution in [0.5, 0.6) is 0 Å². The summed E-state index contributed by atoms with van der Waals surface area (Å²) >= 11 is 0. The monoisotopic (exact) mass is 188 g/mol. The maximum Gasteiger partial charge on any atom is 0.0715 e. The van der Waals surface area contributed by atoms with E-state index in [4.69, 9.17) is 10.8 Å². The lowest BCUT2D eigenvalue weighted by Crippen LogP contribution is -2.49. The van der Waals surface area contributed by atoms with Crippen LogP contribution in [0.2, 0.25) is 0 Å². The highest BCUT2D eigenvalue weighted by Crippen LogP contribution is 1.98. The van der Waals surface area contributed by atoms with Crippen molar-refractivity contribution < 1.29 is 5.11 Å². The molecular weight excluding hydrogens is 175 g/mol. The van der Waals surface area contributed by atoms with Crippen LogP contribution >= 0.6 is 24.8 Å². The minimum Gasteiger partial charge on any atom is -0.391 e. The van der Waals surface area contributed by atoms with Gasteiger partial charge in [-0.1, -0.05) is 0 Å². The Balaban J connectivity index is 0. The molecule has 0 aromatic rings. The predicted octanol–water partition coefficient (Wildman–Crippen LogP) is -0.489. The van der Waals surface area contributed by atoms with E-state index >= 15 is 0 Å². The first-order valence-electron chi connectivity index (χ1n) is 2.95. The lowest BCUT2D eigenvalue weighted by molar-refractivity contribution is 0.116. The molecule has 1 aliphatic rings. The first kappa shape index (κ1) is 13.1. The van der Waals surface area contributed by atoms with Crippen molar-refractivity contribution in [1.29, 1.82) is 0 Å². The van der Waals surface area contributed by atoms with Crippen molar-refractivity contribution in [3.63, 3.8) is 0 Å². The fourth-order valence-electron chi connectivity index (χ4n) is 0.869. The highest BCUT2D eigenvalue weighted by atomic mass is 35.5. The first-order chi connectivity index (χ1) is 3.80. The fourth-order valence-corrected chi connectivity index (χ4v) is 0.869. The van der Waals surface area contributed by atoms with Crippen molar-refractivity contribution in [2.75, 3.05) is 13.1 Å². The van der Waals surface area contributed by atoms with E-state index < -0.39 is 0 Å². The molecule has 0 radical (unpaired) electrons. The molecule has 64 valence electrons. The van der Waals surface area contributed by atoms with Gasteiger partial charge in [-0.05, 0) is 13.0 Å². The second-order valence-corrected chi connectivity index (χ2v) is 2.22. The van der Waals surface area contributed by atoms with Crippen LogP contribution < -0.4 is 11.1 Å². The molecule has 0 aromatic carbocycles. The van der Waals surface area contributed by atoms with Crippen LogP contribution in [0.25, 0.3) is 0 Å². The molecule has 1 aliphatic heterocycles. The minimum absolute atomic E-state index is 0. The van der Waals surface area contributed by atoms with Crippen molar-refractivity contribution in [2.45, 2.75) is 18.6 Å². The quantitative estimate of drug-likeness (QED) is 0.482. The van der Waals surface area contributed by atoms with Crippen LogP contribution in [-0.4, -0.2) is 30.3 Å². The van der Waals surface area contributed by atoms with Crippen molar-refractivity contribution in [1.82, 2.24) is 5.32 Å². The van der Waals surface area contributed by atoms with Crippen molar-refractivity contribution in [3.8, 4) is 0 Å². The number of nitrogens with two attached hydrogens (primary N) is 1. The molecule has 1 fully saturated rings. The molecule has 2 atom stereocenters. The zero-order valence-corrected chi connectivity index (χ0v) is 7.25. The molecule has 0 aliphatic carbocycles. The highest BCUT2D eigenvalue weighted by Gasteiger charge is 2.17. The third-order valence-electron chi connectivity index (χ3n) is 1.49. The number of piperidine rings is 1. The average molecular weight is 189 g/mol. The van der Waals surface area contributed by atoms with E-state index in [1.54, 1.807) is 0 Å². The Morgan fingerprint density at radius 1 is 1.40 bits per heavy atom. The standard InChI is InChI=1S/C5H12N2O.2ClH/c6-4-3-7-2-1-5(4)8;;/h4-5,7-8H,1-3,6H2;2*1H/t4-,5-;;/m1../s1. The minimum atomic E-state index is -0.281. The number of halogens is 2. The van der Waals surface area contributed by atoms with Gasteiger partial charge in [-0.15, -0.1) is 24.8 Å². The van der Waals surface area contributed by atoms with Gasteiger partial charge in [-0.2, -0.15) is 0 Å². The Kier molecular flexibility index (Phi) is 8.09. The van der Waals surface area contributed by atoms with Gasteiger partial charge in [0.1, 0.15) is 0 Å². The van der Waals surface area contributed by atoms with Gasteiger partial charge in [0.05, 0.1) is 6.10 Å². The Labute approximate surface area is 73.2 Å². The second kappa shape index (κ2) is 6.19. The van der Waals surface area contributed by atoms with Gasteiger partial charge in [0.25, 0.3) is 0 Å². The Morgan fingerprint density at radius 2 is 2.00 bits per heavy atom. The Hall–Kier alpha value is 0.460. The van der Waals surface area contributed by atoms with Crippen LogP contribution in [0.15, 0.2) is 0 Å². The lowest BCUT2D eigenvalue weighted by atomic mass is 10.1. The maximum absolute atomic E-state index is 9.01. The van der Waals surface area contributed by atoms with E-state index in [0.717, 1.165) is 19.5 Å². The van der Waals surface area contributed by atoms with Crippen LogP contribution in [0.4, 0.5) is 0 Å². The molecule has 0 bridgehead atoms. The summed E-state index contributed by atoms with van der Waals surface area (Å²) in [5, 5.41) is 12.1. The number of aliphatic hydroxyl groups excluding tert-OH is 1. The van der Waals surface area contributed by atoms with Crippen LogP contribution in [-0.2, 0) is 0 Å². The van der Waals surface area contributed by atoms with Gasteiger partial charge >= 0.3 is 0 Å². The third kappa shape index (κ3) is 3.58. The number of rotatable bonds is 0. The summed E-state index contributed by atoms with van der Waals surface area (Å²) in [6.07, 6.45) is 0.512. The lowest BCUT2D eigenvalue weighted by Gasteiger charge is -2.24. The smallest absolute Gasteiger partial charge is 0.0715 e. The molecule has 3 nitrogen and oxygen atoms in total. The zero-order chi connectivity index (χ0) is 5.98. The Bertz CT molecular complexity index is 74.0. The average Bonchev–Trinajstić information content (AvgIpc) is 1.77. The van der Waals surface area contributed by atoms with Gasteiger partial charge in [-0.3, -0.25) is 0 Å². The predicted molar refractivity (Wildman–Crippen MR) is 46.0 cm³/mol. The summed E-state index contributed by atoms with van der Waals surface area (Å²) in [6, 6.07) is -0.0521. The van der Waals surface area contributed by atoms with Gasteiger partial charge in [0.2, 0.25) is 0 Å². The van der Waals surface area contributed by atoms with E-state index in [0.29, 0.717) is 0 Å². The molecule has 0 saturated carbocycles. The van der Waals surface area contributed by atoms with Crippen LogP contribution in [0, 0.1) is 0 Å². The summed E-state index contributed by atoms with van der Waals surface area (Å²) in [5.74, 6) is 0. The summed E-state index contributed by atoms with van der Waals surface area (Å²) in [7, 11) is 0. The second-order valence-electron chi connectivity index (χ2n) is 2.22. The number of hydrogen-bond acceptors (Lipinski definition) is 3. The largest absolute Gasteiger partial charge is 0.391 e. The first-order valence-corrected chi connectivity index (χ1v) is 2.95. The van der Waals surface area contributed by atoms with E-state index in [-0.39, 0.29) is 37.0 Å². The molecule has 0 spiro atoms. The SMILES string of the molecule is Cl.Cl.N[C@@H]1CNCC[C@H]1O. The highest BCUT2D eigenvalue weighted by molar-refractivity contribution is 5.85. The number of hydrogen-bond donors (Lipinski definition) is 3. The molecule has 4 N–H and O–H groups in total. The van der Waals surface area contributed by atoms with Gasteiger partial charge in [0.15, 0.2) is 0 Å². The summed E-state index contributed by atoms with van der Waals surface area (Å²) < 4.78 is 0. The summed E-state index contributed by atoms with van der Waals surface area (Å²) in [5.41, 5.74) is 5.47. The normalized spacial score (nSPS) is 31.8. The van der Waals surface area contributed by atoms with E-state index in [2.05, 4.69) is 5.32 Å². The molecule has 5 heteroatoms. The molecule has 1 heterocycles. The zero-order valence-electron chi connectivity index (χ0n) is 5.62. The summed E-state index contributed by atoms with van der Waals surface area (Å²) in [4.78, 5) is 0. The Morgan fingerprint density at radius 3 is 2.30 bits per heavy atom. The van der Waals surface area contributed by atoms with E-state index in [9.17, 15) is 0 Å². The molecule has 10 heavy (non-hydrogen) atoms. The van der Waals surface area contributed by atoms with Crippen molar-refractivity contribution >= 4 is 24.8 Å². The van der Waals surface area contributed by atoms with Crippen LogP contribution in [0.1, 0.15) is 6.42 Å². The fraction of sp³-hybridized carbons (Fsp3) is 1.00. The van der Waals surface area contributed by atoms with Gasteiger partial charge in [0, 0.05) is 12.6 Å². The molecule has 0 aromatic heterocycles. The molecule has 1 rings (SSSR count). The van der Waals surface area contributed by atoms with Gasteiger partial charge in [-0.25, -0.2) is 0 Å². The van der Waals surface area contributed by atoms with Crippen molar-refractivity contribution in [2.24, 2.45) is 5.73 Å². The van der Waals surface area contributed by atoms with Crippen molar-refractivity contribution in [3.05, 3.63) is 0 Å². The topological polar surface area (TPSA) is 58.3 Å².